The first kappa shape index (κ1) is 17.5. The molecule has 0 spiro atoms. The van der Waals surface area contributed by atoms with Crippen LogP contribution < -0.4 is 9.64 Å². The highest BCUT2D eigenvalue weighted by Gasteiger charge is 2.67. The van der Waals surface area contributed by atoms with E-state index in [1.807, 2.05) is 49.4 Å². The van der Waals surface area contributed by atoms with Gasteiger partial charge in [-0.2, -0.15) is 0 Å². The van der Waals surface area contributed by atoms with Gasteiger partial charge in [0.15, 0.2) is 0 Å². The molecule has 3 aliphatic rings. The van der Waals surface area contributed by atoms with Gasteiger partial charge in [0.2, 0.25) is 11.8 Å². The van der Waals surface area contributed by atoms with E-state index in [1.54, 1.807) is 12.1 Å². The number of hydrogen-bond acceptors (Lipinski definition) is 3. The van der Waals surface area contributed by atoms with Crippen LogP contribution in [0.25, 0.3) is 10.8 Å². The highest BCUT2D eigenvalue weighted by atomic mass is 16.5. The van der Waals surface area contributed by atoms with E-state index in [9.17, 15) is 9.59 Å². The van der Waals surface area contributed by atoms with Gasteiger partial charge < -0.3 is 4.74 Å². The van der Waals surface area contributed by atoms with Gasteiger partial charge in [-0.25, -0.2) is 4.90 Å². The Hall–Kier alpha value is -3.40. The van der Waals surface area contributed by atoms with Gasteiger partial charge in [-0.05, 0) is 72.4 Å². The van der Waals surface area contributed by atoms with Crippen molar-refractivity contribution in [3.63, 3.8) is 0 Å². The Labute approximate surface area is 174 Å². The van der Waals surface area contributed by atoms with Crippen LogP contribution in [0.1, 0.15) is 13.3 Å². The van der Waals surface area contributed by atoms with Crippen molar-refractivity contribution in [2.45, 2.75) is 13.3 Å². The van der Waals surface area contributed by atoms with Crippen LogP contribution in [-0.4, -0.2) is 11.8 Å². The Morgan fingerprint density at radius 1 is 0.900 bits per heavy atom. The quantitative estimate of drug-likeness (QED) is 0.445. The number of hydrogen-bond donors (Lipinski definition) is 0. The van der Waals surface area contributed by atoms with Gasteiger partial charge in [0.25, 0.3) is 0 Å². The molecule has 0 aromatic heterocycles. The lowest BCUT2D eigenvalue weighted by Crippen LogP contribution is -2.37. The SMILES string of the molecule is C[C@@]12C(=O)N(c3ccc(Oc4ccc5ccccc5c4)cc3)C(=O)[C@H]1[C@H]1C=C[C@H]2C1. The van der Waals surface area contributed by atoms with Crippen molar-refractivity contribution < 1.29 is 14.3 Å². The molecular formula is C26H21NO3. The molecule has 2 aliphatic carbocycles. The van der Waals surface area contributed by atoms with Crippen molar-refractivity contribution in [3.05, 3.63) is 78.9 Å². The lowest BCUT2D eigenvalue weighted by Gasteiger charge is -2.28. The number of ether oxygens (including phenoxy) is 1. The van der Waals surface area contributed by atoms with Gasteiger partial charge in [0, 0.05) is 0 Å². The molecule has 2 amide bonds. The Kier molecular flexibility index (Phi) is 3.52. The number of nitrogens with zero attached hydrogens (tertiary/aromatic N) is 1. The standard InChI is InChI=1S/C26H21NO3/c1-26-19-8-6-18(14-19)23(26)24(28)27(25(26)29)20-9-12-21(13-10-20)30-22-11-7-16-4-2-3-5-17(16)15-22/h2-13,15,18-19,23H,14H2,1H3/t18-,19-,23+,26-/m0/s1. The summed E-state index contributed by atoms with van der Waals surface area (Å²) >= 11 is 0. The molecule has 0 radical (unpaired) electrons. The molecule has 30 heavy (non-hydrogen) atoms. The van der Waals surface area contributed by atoms with Crippen LogP contribution in [0.2, 0.25) is 0 Å². The fourth-order valence-corrected chi connectivity index (χ4v) is 5.58. The minimum absolute atomic E-state index is 0.0671. The van der Waals surface area contributed by atoms with Crippen molar-refractivity contribution in [2.24, 2.45) is 23.2 Å². The van der Waals surface area contributed by atoms with E-state index < -0.39 is 5.41 Å². The Balaban J connectivity index is 1.26. The molecular weight excluding hydrogens is 374 g/mol. The van der Waals surface area contributed by atoms with E-state index in [-0.39, 0.29) is 29.6 Å². The molecule has 4 atom stereocenters. The third kappa shape index (κ3) is 2.28. The normalized spacial score (nSPS) is 29.1. The second-order valence-electron chi connectivity index (χ2n) is 8.74. The Morgan fingerprint density at radius 3 is 2.40 bits per heavy atom. The smallest absolute Gasteiger partial charge is 0.241 e. The van der Waals surface area contributed by atoms with Crippen LogP contribution >= 0.6 is 0 Å². The fourth-order valence-electron chi connectivity index (χ4n) is 5.58. The zero-order valence-corrected chi connectivity index (χ0v) is 16.6. The first-order chi connectivity index (χ1) is 14.6. The highest BCUT2D eigenvalue weighted by Crippen LogP contribution is 2.60. The summed E-state index contributed by atoms with van der Waals surface area (Å²) in [5, 5.41) is 2.27. The number of benzene rings is 3. The van der Waals surface area contributed by atoms with E-state index in [4.69, 9.17) is 4.74 Å². The molecule has 3 aromatic rings. The maximum atomic E-state index is 13.2. The number of amides is 2. The summed E-state index contributed by atoms with van der Waals surface area (Å²) in [7, 11) is 0. The van der Waals surface area contributed by atoms with Crippen LogP contribution in [0, 0.1) is 23.2 Å². The van der Waals surface area contributed by atoms with Crippen LogP contribution in [-0.2, 0) is 9.59 Å². The van der Waals surface area contributed by atoms with Crippen molar-refractivity contribution in [3.8, 4) is 11.5 Å². The number of imide groups is 1. The monoisotopic (exact) mass is 395 g/mol. The molecule has 148 valence electrons. The average Bonchev–Trinajstić information content (AvgIpc) is 3.40. The number of allylic oxidation sites excluding steroid dienone is 2. The first-order valence-electron chi connectivity index (χ1n) is 10.4. The molecule has 2 bridgehead atoms. The summed E-state index contributed by atoms with van der Waals surface area (Å²) < 4.78 is 6.00. The lowest BCUT2D eigenvalue weighted by molar-refractivity contribution is -0.127. The Bertz CT molecular complexity index is 1230. The molecule has 0 unspecified atom stereocenters. The molecule has 1 saturated heterocycles. The second-order valence-corrected chi connectivity index (χ2v) is 8.74. The van der Waals surface area contributed by atoms with Crippen molar-refractivity contribution in [1.29, 1.82) is 0 Å². The van der Waals surface area contributed by atoms with Gasteiger partial charge >= 0.3 is 0 Å². The molecule has 4 heteroatoms. The average molecular weight is 395 g/mol. The van der Waals surface area contributed by atoms with Crippen LogP contribution in [0.15, 0.2) is 78.9 Å². The van der Waals surface area contributed by atoms with Crippen LogP contribution in [0.5, 0.6) is 11.5 Å². The molecule has 1 saturated carbocycles. The summed E-state index contributed by atoms with van der Waals surface area (Å²) in [6.07, 6.45) is 5.16. The lowest BCUT2D eigenvalue weighted by atomic mass is 9.71. The molecule has 2 fully saturated rings. The largest absolute Gasteiger partial charge is 0.457 e. The molecule has 4 nitrogen and oxygen atoms in total. The van der Waals surface area contributed by atoms with E-state index in [2.05, 4.69) is 24.3 Å². The third-order valence-electron chi connectivity index (χ3n) is 7.16. The van der Waals surface area contributed by atoms with Gasteiger partial charge in [0.05, 0.1) is 17.0 Å². The van der Waals surface area contributed by atoms with Gasteiger partial charge in [-0.15, -0.1) is 0 Å². The summed E-state index contributed by atoms with van der Waals surface area (Å²) in [6.45, 7) is 1.96. The molecule has 6 rings (SSSR count). The summed E-state index contributed by atoms with van der Waals surface area (Å²) in [4.78, 5) is 27.8. The van der Waals surface area contributed by atoms with Gasteiger partial charge in [0.1, 0.15) is 11.5 Å². The van der Waals surface area contributed by atoms with Gasteiger partial charge in [-0.1, -0.05) is 42.5 Å². The predicted octanol–water partition coefficient (Wildman–Crippen LogP) is 5.33. The maximum Gasteiger partial charge on any atom is 0.241 e. The summed E-state index contributed by atoms with van der Waals surface area (Å²) in [5.74, 6) is 1.41. The molecule has 3 aromatic carbocycles. The topological polar surface area (TPSA) is 46.6 Å². The van der Waals surface area contributed by atoms with Crippen molar-refractivity contribution in [1.82, 2.24) is 0 Å². The number of carbonyl (C=O) groups excluding carboxylic acids is 2. The third-order valence-corrected chi connectivity index (χ3v) is 7.16. The van der Waals surface area contributed by atoms with Crippen LogP contribution in [0.4, 0.5) is 5.69 Å². The second kappa shape index (κ2) is 6.05. The van der Waals surface area contributed by atoms with Crippen molar-refractivity contribution >= 4 is 28.3 Å². The number of carbonyl (C=O) groups is 2. The van der Waals surface area contributed by atoms with Gasteiger partial charge in [-0.3, -0.25) is 9.59 Å². The van der Waals surface area contributed by atoms with Crippen molar-refractivity contribution in [2.75, 3.05) is 4.90 Å². The van der Waals surface area contributed by atoms with E-state index in [0.717, 1.165) is 22.9 Å². The van der Waals surface area contributed by atoms with Crippen LogP contribution in [0.3, 0.4) is 0 Å². The maximum absolute atomic E-state index is 13.2. The number of rotatable bonds is 3. The molecule has 1 heterocycles. The Morgan fingerprint density at radius 2 is 1.63 bits per heavy atom. The fraction of sp³-hybridized carbons (Fsp3) is 0.231. The first-order valence-corrected chi connectivity index (χ1v) is 10.4. The summed E-state index contributed by atoms with van der Waals surface area (Å²) in [6, 6.07) is 21.3. The zero-order valence-electron chi connectivity index (χ0n) is 16.6. The number of fused-ring (bicyclic) bond motifs is 6. The summed E-state index contributed by atoms with van der Waals surface area (Å²) in [5.41, 5.74) is 0.0161. The minimum Gasteiger partial charge on any atom is -0.457 e. The van der Waals surface area contributed by atoms with E-state index in [1.165, 1.54) is 4.90 Å². The molecule has 1 aliphatic heterocycles. The number of anilines is 1. The van der Waals surface area contributed by atoms with E-state index in [0.29, 0.717) is 11.4 Å². The zero-order chi connectivity index (χ0) is 20.5. The predicted molar refractivity (Wildman–Crippen MR) is 115 cm³/mol. The minimum atomic E-state index is -0.600. The molecule has 0 N–H and O–H groups in total. The van der Waals surface area contributed by atoms with E-state index >= 15 is 0 Å². The highest BCUT2D eigenvalue weighted by molar-refractivity contribution is 6.24.